The Kier molecular flexibility index (Phi) is 3.61. The number of carbonyl (C=O) groups excluding carboxylic acids is 1. The smallest absolute Gasteiger partial charge is 0.242 e. The lowest BCUT2D eigenvalue weighted by Crippen LogP contribution is -2.30. The molecule has 4 aromatic rings. The Hall–Kier alpha value is -3.01. The number of hydrogen-bond acceptors (Lipinski definition) is 6. The summed E-state index contributed by atoms with van der Waals surface area (Å²) in [7, 11) is 1.85. The van der Waals surface area contributed by atoms with Crippen LogP contribution in [-0.4, -0.2) is 47.9 Å². The number of amides is 1. The molecule has 0 bridgehead atoms. The molecule has 0 saturated carbocycles. The van der Waals surface area contributed by atoms with Crippen LogP contribution in [0.2, 0.25) is 0 Å². The zero-order valence-electron chi connectivity index (χ0n) is 14.3. The molecule has 27 heavy (non-hydrogen) atoms. The van der Waals surface area contributed by atoms with Gasteiger partial charge in [0.25, 0.3) is 0 Å². The first kappa shape index (κ1) is 16.2. The molecule has 1 aliphatic heterocycles. The second-order valence-corrected chi connectivity index (χ2v) is 7.28. The van der Waals surface area contributed by atoms with Gasteiger partial charge in [0.05, 0.1) is 17.3 Å². The molecule has 3 aromatic heterocycles. The number of anilines is 1. The Labute approximate surface area is 161 Å². The molecule has 10 heteroatoms. The predicted molar refractivity (Wildman–Crippen MR) is 103 cm³/mol. The summed E-state index contributed by atoms with van der Waals surface area (Å²) in [6.45, 7) is 0.648. The van der Waals surface area contributed by atoms with E-state index in [2.05, 4.69) is 36.8 Å². The molecule has 1 saturated heterocycles. The molecular formula is C17H15BrN8O. The molecule has 0 spiro atoms. The lowest BCUT2D eigenvalue weighted by Gasteiger charge is -2.13. The van der Waals surface area contributed by atoms with Crippen LogP contribution < -0.4 is 10.6 Å². The van der Waals surface area contributed by atoms with Crippen molar-refractivity contribution in [2.24, 2.45) is 7.05 Å². The maximum Gasteiger partial charge on any atom is 0.242 e. The topological polar surface area (TPSA) is 102 Å². The van der Waals surface area contributed by atoms with E-state index < -0.39 is 0 Å². The third-order valence-electron chi connectivity index (χ3n) is 4.57. The first-order valence-corrected chi connectivity index (χ1v) is 9.28. The van der Waals surface area contributed by atoms with E-state index in [1.54, 1.807) is 15.4 Å². The van der Waals surface area contributed by atoms with Crippen molar-refractivity contribution in [3.63, 3.8) is 0 Å². The summed E-state index contributed by atoms with van der Waals surface area (Å²) < 4.78 is 4.21. The van der Waals surface area contributed by atoms with E-state index >= 15 is 0 Å². The number of rotatable bonds is 3. The molecule has 2 N–H and O–H groups in total. The molecule has 1 aromatic carbocycles. The van der Waals surface area contributed by atoms with Crippen molar-refractivity contribution in [3.8, 4) is 11.4 Å². The molecule has 1 amide bonds. The van der Waals surface area contributed by atoms with E-state index in [0.29, 0.717) is 30.4 Å². The molecule has 9 nitrogen and oxygen atoms in total. The highest BCUT2D eigenvalue weighted by molar-refractivity contribution is 9.10. The van der Waals surface area contributed by atoms with Gasteiger partial charge in [-0.05, 0) is 34.5 Å². The minimum absolute atomic E-state index is 0.0372. The van der Waals surface area contributed by atoms with E-state index in [1.807, 2.05) is 31.4 Å². The van der Waals surface area contributed by atoms with Crippen LogP contribution in [0.25, 0.3) is 27.9 Å². The minimum atomic E-state index is -0.341. The van der Waals surface area contributed by atoms with E-state index in [-0.39, 0.29) is 11.9 Å². The van der Waals surface area contributed by atoms with Gasteiger partial charge >= 0.3 is 0 Å². The number of aryl methyl sites for hydroxylation is 1. The Morgan fingerprint density at radius 2 is 2.22 bits per heavy atom. The summed E-state index contributed by atoms with van der Waals surface area (Å²) in [5.74, 6) is 0.996. The Bertz CT molecular complexity index is 1200. The van der Waals surface area contributed by atoms with Crippen LogP contribution in [0.1, 0.15) is 6.42 Å². The number of fused-ring (bicyclic) bond motifs is 3. The highest BCUT2D eigenvalue weighted by Gasteiger charge is 2.26. The number of carbonyl (C=O) groups is 1. The van der Waals surface area contributed by atoms with Gasteiger partial charge in [-0.25, -0.2) is 9.97 Å². The van der Waals surface area contributed by atoms with Crippen molar-refractivity contribution in [1.29, 1.82) is 0 Å². The Morgan fingerprint density at radius 1 is 1.33 bits per heavy atom. The number of aromatic nitrogens is 6. The largest absolute Gasteiger partial charge is 0.354 e. The molecule has 1 fully saturated rings. The van der Waals surface area contributed by atoms with Crippen LogP contribution in [-0.2, 0) is 11.8 Å². The molecular weight excluding hydrogens is 412 g/mol. The van der Waals surface area contributed by atoms with Gasteiger partial charge in [0.1, 0.15) is 6.04 Å². The quantitative estimate of drug-likeness (QED) is 0.517. The van der Waals surface area contributed by atoms with Crippen LogP contribution in [0.5, 0.6) is 0 Å². The lowest BCUT2D eigenvalue weighted by molar-refractivity contribution is -0.119. The van der Waals surface area contributed by atoms with E-state index in [4.69, 9.17) is 9.97 Å². The highest BCUT2D eigenvalue weighted by Crippen LogP contribution is 2.29. The van der Waals surface area contributed by atoms with Crippen LogP contribution in [0, 0.1) is 0 Å². The van der Waals surface area contributed by atoms with Crippen molar-refractivity contribution in [1.82, 2.24) is 34.7 Å². The zero-order valence-corrected chi connectivity index (χ0v) is 15.9. The van der Waals surface area contributed by atoms with Crippen molar-refractivity contribution in [3.05, 3.63) is 35.1 Å². The molecule has 1 aliphatic rings. The summed E-state index contributed by atoms with van der Waals surface area (Å²) in [6, 6.07) is 5.47. The van der Waals surface area contributed by atoms with Crippen LogP contribution in [0.4, 0.5) is 5.95 Å². The number of nitrogens with zero attached hydrogens (tertiary/aromatic N) is 6. The first-order chi connectivity index (χ1) is 13.1. The molecule has 0 aliphatic carbocycles. The third kappa shape index (κ3) is 2.64. The summed E-state index contributed by atoms with van der Waals surface area (Å²) in [5.41, 5.74) is 2.24. The van der Waals surface area contributed by atoms with Gasteiger partial charge in [0.2, 0.25) is 11.9 Å². The van der Waals surface area contributed by atoms with Gasteiger partial charge in [-0.15, -0.1) is 5.10 Å². The summed E-state index contributed by atoms with van der Waals surface area (Å²) >= 11 is 3.56. The maximum atomic E-state index is 12.0. The number of benzene rings is 1. The van der Waals surface area contributed by atoms with Crippen molar-refractivity contribution in [2.45, 2.75) is 12.5 Å². The number of hydrogen-bond donors (Lipinski definition) is 2. The summed E-state index contributed by atoms with van der Waals surface area (Å²) in [4.78, 5) is 21.4. The van der Waals surface area contributed by atoms with Crippen LogP contribution >= 0.6 is 15.9 Å². The maximum absolute atomic E-state index is 12.0. The van der Waals surface area contributed by atoms with E-state index in [0.717, 1.165) is 20.9 Å². The molecule has 4 heterocycles. The second kappa shape index (κ2) is 6.02. The van der Waals surface area contributed by atoms with Gasteiger partial charge in [0.15, 0.2) is 11.5 Å². The summed E-state index contributed by atoms with van der Waals surface area (Å²) in [5, 5.41) is 15.7. The molecule has 136 valence electrons. The number of para-hydroxylation sites is 1. The van der Waals surface area contributed by atoms with Crippen molar-refractivity contribution >= 4 is 44.3 Å². The van der Waals surface area contributed by atoms with Crippen LogP contribution in [0.3, 0.4) is 0 Å². The van der Waals surface area contributed by atoms with Gasteiger partial charge < -0.3 is 10.6 Å². The number of nitrogens with one attached hydrogen (secondary N) is 2. The van der Waals surface area contributed by atoms with Crippen molar-refractivity contribution in [2.75, 3.05) is 11.9 Å². The lowest BCUT2D eigenvalue weighted by atomic mass is 10.2. The average molecular weight is 427 g/mol. The Morgan fingerprint density at radius 3 is 2.96 bits per heavy atom. The van der Waals surface area contributed by atoms with E-state index in [9.17, 15) is 4.79 Å². The molecule has 0 unspecified atom stereocenters. The highest BCUT2D eigenvalue weighted by atomic mass is 79.9. The molecule has 0 radical (unpaired) electrons. The third-order valence-corrected chi connectivity index (χ3v) is 5.21. The summed E-state index contributed by atoms with van der Waals surface area (Å²) in [6.07, 6.45) is 4.27. The SMILES string of the molecule is Cn1cc(-c2nc3c4cccc(Br)c4nc(N[C@@H]4CCNC4=O)n3n2)cn1. The standard InChI is InChI=1S/C17H15BrN8O/c1-25-8-9(7-20-25)14-23-15-10-3-2-4-11(18)13(10)22-17(26(15)24-14)21-12-5-6-19-16(12)27/h2-4,7-8,12H,5-6H2,1H3,(H,19,27)(H,21,22)/t12-/m1/s1. The van der Waals surface area contributed by atoms with Gasteiger partial charge in [0, 0.05) is 29.6 Å². The minimum Gasteiger partial charge on any atom is -0.354 e. The normalized spacial score (nSPS) is 17.0. The fourth-order valence-electron chi connectivity index (χ4n) is 3.24. The average Bonchev–Trinajstić information content (AvgIpc) is 3.36. The zero-order chi connectivity index (χ0) is 18.5. The fraction of sp³-hybridized carbons (Fsp3) is 0.235. The van der Waals surface area contributed by atoms with Crippen molar-refractivity contribution < 1.29 is 4.79 Å². The molecule has 5 rings (SSSR count). The fourth-order valence-corrected chi connectivity index (χ4v) is 3.69. The first-order valence-electron chi connectivity index (χ1n) is 8.48. The van der Waals surface area contributed by atoms with Crippen LogP contribution in [0.15, 0.2) is 35.1 Å². The predicted octanol–water partition coefficient (Wildman–Crippen LogP) is 1.74. The van der Waals surface area contributed by atoms with Gasteiger partial charge in [-0.3, -0.25) is 9.48 Å². The Balaban J connectivity index is 1.74. The van der Waals surface area contributed by atoms with Gasteiger partial charge in [-0.2, -0.15) is 9.61 Å². The van der Waals surface area contributed by atoms with E-state index in [1.165, 1.54) is 0 Å². The molecule has 1 atom stereocenters. The second-order valence-electron chi connectivity index (χ2n) is 6.42. The van der Waals surface area contributed by atoms with Gasteiger partial charge in [-0.1, -0.05) is 6.07 Å². The number of halogens is 1. The monoisotopic (exact) mass is 426 g/mol.